The minimum absolute atomic E-state index is 0.111. The lowest BCUT2D eigenvalue weighted by Gasteiger charge is -2.15. The van der Waals surface area contributed by atoms with Crippen LogP contribution in [-0.2, 0) is 9.53 Å². The van der Waals surface area contributed by atoms with Crippen LogP contribution in [0.5, 0.6) is 0 Å². The van der Waals surface area contributed by atoms with Crippen LogP contribution in [-0.4, -0.2) is 37.7 Å². The molecule has 0 amide bonds. The van der Waals surface area contributed by atoms with Gasteiger partial charge in [-0.15, -0.1) is 0 Å². The second-order valence-electron chi connectivity index (χ2n) is 4.23. The van der Waals surface area contributed by atoms with E-state index in [0.717, 1.165) is 32.2 Å². The Labute approximate surface area is 110 Å². The minimum atomic E-state index is -0.123. The molecular formula is C13H27NO2S. The SMILES string of the molecule is CCCCC(NCCCCCSC)C(=O)OC. The van der Waals surface area contributed by atoms with Gasteiger partial charge in [-0.3, -0.25) is 4.79 Å². The Hall–Kier alpha value is -0.220. The highest BCUT2D eigenvalue weighted by Gasteiger charge is 2.16. The number of ether oxygens (including phenoxy) is 1. The second-order valence-corrected chi connectivity index (χ2v) is 5.21. The fourth-order valence-corrected chi connectivity index (χ4v) is 2.17. The number of nitrogens with one attached hydrogen (secondary N) is 1. The van der Waals surface area contributed by atoms with E-state index in [1.54, 1.807) is 0 Å². The van der Waals surface area contributed by atoms with Gasteiger partial charge < -0.3 is 10.1 Å². The number of thioether (sulfide) groups is 1. The van der Waals surface area contributed by atoms with Crippen molar-refractivity contribution in [3.05, 3.63) is 0 Å². The number of hydrogen-bond donors (Lipinski definition) is 1. The zero-order chi connectivity index (χ0) is 12.9. The maximum atomic E-state index is 11.5. The van der Waals surface area contributed by atoms with Gasteiger partial charge in [0.2, 0.25) is 0 Å². The smallest absolute Gasteiger partial charge is 0.322 e. The first-order chi connectivity index (χ1) is 8.26. The molecule has 4 heteroatoms. The van der Waals surface area contributed by atoms with Crippen LogP contribution in [0.3, 0.4) is 0 Å². The third-order valence-electron chi connectivity index (χ3n) is 2.75. The van der Waals surface area contributed by atoms with E-state index in [1.165, 1.54) is 25.7 Å². The first-order valence-electron chi connectivity index (χ1n) is 6.56. The van der Waals surface area contributed by atoms with Crippen LogP contribution in [0.4, 0.5) is 0 Å². The summed E-state index contributed by atoms with van der Waals surface area (Å²) >= 11 is 1.89. The van der Waals surface area contributed by atoms with Crippen LogP contribution in [0.15, 0.2) is 0 Å². The van der Waals surface area contributed by atoms with Gasteiger partial charge in [0.05, 0.1) is 7.11 Å². The summed E-state index contributed by atoms with van der Waals surface area (Å²) in [5, 5.41) is 3.30. The zero-order valence-corrected chi connectivity index (χ0v) is 12.3. The summed E-state index contributed by atoms with van der Waals surface area (Å²) in [6.07, 6.45) is 8.84. The van der Waals surface area contributed by atoms with Crippen molar-refractivity contribution in [2.24, 2.45) is 0 Å². The number of methoxy groups -OCH3 is 1. The molecule has 0 aromatic rings. The molecule has 0 spiro atoms. The molecule has 3 nitrogen and oxygen atoms in total. The first kappa shape index (κ1) is 16.8. The molecule has 0 heterocycles. The molecule has 0 radical (unpaired) electrons. The van der Waals surface area contributed by atoms with Gasteiger partial charge in [0.1, 0.15) is 6.04 Å². The second kappa shape index (κ2) is 12.2. The lowest BCUT2D eigenvalue weighted by molar-refractivity contribution is -0.143. The molecule has 0 aromatic carbocycles. The van der Waals surface area contributed by atoms with Gasteiger partial charge in [-0.2, -0.15) is 11.8 Å². The van der Waals surface area contributed by atoms with Crippen molar-refractivity contribution < 1.29 is 9.53 Å². The molecule has 0 fully saturated rings. The van der Waals surface area contributed by atoms with E-state index in [2.05, 4.69) is 18.5 Å². The van der Waals surface area contributed by atoms with Crippen LogP contribution >= 0.6 is 11.8 Å². The van der Waals surface area contributed by atoms with Gasteiger partial charge >= 0.3 is 5.97 Å². The largest absolute Gasteiger partial charge is 0.468 e. The number of rotatable bonds is 11. The predicted octanol–water partition coefficient (Wildman–Crippen LogP) is 2.84. The highest BCUT2D eigenvalue weighted by molar-refractivity contribution is 7.98. The number of unbranched alkanes of at least 4 members (excludes halogenated alkanes) is 3. The number of carbonyl (C=O) groups excluding carboxylic acids is 1. The Morgan fingerprint density at radius 1 is 1.29 bits per heavy atom. The van der Waals surface area contributed by atoms with E-state index in [9.17, 15) is 4.79 Å². The average molecular weight is 261 g/mol. The summed E-state index contributed by atoms with van der Waals surface area (Å²) in [6, 6.07) is -0.111. The quantitative estimate of drug-likeness (QED) is 0.458. The van der Waals surface area contributed by atoms with Crippen LogP contribution in [0, 0.1) is 0 Å². The molecule has 0 aliphatic carbocycles. The van der Waals surface area contributed by atoms with Crippen molar-refractivity contribution in [2.45, 2.75) is 51.5 Å². The number of esters is 1. The molecule has 1 unspecified atom stereocenters. The fourth-order valence-electron chi connectivity index (χ4n) is 1.68. The van der Waals surface area contributed by atoms with Gasteiger partial charge in [-0.1, -0.05) is 26.2 Å². The Bertz CT molecular complexity index is 188. The average Bonchev–Trinajstić information content (AvgIpc) is 2.36. The summed E-state index contributed by atoms with van der Waals surface area (Å²) in [5.41, 5.74) is 0. The molecule has 0 aromatic heterocycles. The van der Waals surface area contributed by atoms with Crippen molar-refractivity contribution in [3.63, 3.8) is 0 Å². The van der Waals surface area contributed by atoms with E-state index in [-0.39, 0.29) is 12.0 Å². The van der Waals surface area contributed by atoms with Crippen LogP contribution in [0.1, 0.15) is 45.4 Å². The van der Waals surface area contributed by atoms with E-state index < -0.39 is 0 Å². The van der Waals surface area contributed by atoms with E-state index in [1.807, 2.05) is 11.8 Å². The number of hydrogen-bond acceptors (Lipinski definition) is 4. The Morgan fingerprint density at radius 2 is 2.06 bits per heavy atom. The fraction of sp³-hybridized carbons (Fsp3) is 0.923. The van der Waals surface area contributed by atoms with Crippen molar-refractivity contribution in [3.8, 4) is 0 Å². The number of carbonyl (C=O) groups is 1. The van der Waals surface area contributed by atoms with Gasteiger partial charge in [0.25, 0.3) is 0 Å². The molecule has 0 saturated carbocycles. The normalized spacial score (nSPS) is 12.4. The lowest BCUT2D eigenvalue weighted by Crippen LogP contribution is -2.38. The topological polar surface area (TPSA) is 38.3 Å². The Balaban J connectivity index is 3.64. The molecule has 1 N–H and O–H groups in total. The highest BCUT2D eigenvalue weighted by atomic mass is 32.2. The molecule has 0 bridgehead atoms. The molecule has 17 heavy (non-hydrogen) atoms. The van der Waals surface area contributed by atoms with E-state index in [4.69, 9.17) is 4.74 Å². The molecule has 0 aliphatic rings. The van der Waals surface area contributed by atoms with Gasteiger partial charge in [-0.05, 0) is 37.8 Å². The van der Waals surface area contributed by atoms with Crippen molar-refractivity contribution in [1.82, 2.24) is 5.32 Å². The molecule has 0 rings (SSSR count). The summed E-state index contributed by atoms with van der Waals surface area (Å²) in [6.45, 7) is 3.05. The van der Waals surface area contributed by atoms with Crippen molar-refractivity contribution >= 4 is 17.7 Å². The molecule has 1 atom stereocenters. The van der Waals surface area contributed by atoms with Crippen molar-refractivity contribution in [2.75, 3.05) is 25.7 Å². The zero-order valence-electron chi connectivity index (χ0n) is 11.5. The Kier molecular flexibility index (Phi) is 12.1. The molecule has 0 aliphatic heterocycles. The predicted molar refractivity (Wildman–Crippen MR) is 75.6 cm³/mol. The maximum absolute atomic E-state index is 11.5. The third-order valence-corrected chi connectivity index (χ3v) is 3.44. The molecule has 102 valence electrons. The van der Waals surface area contributed by atoms with Crippen LogP contribution < -0.4 is 5.32 Å². The minimum Gasteiger partial charge on any atom is -0.468 e. The standard InChI is InChI=1S/C13H27NO2S/c1-4-5-9-12(13(15)16-2)14-10-7-6-8-11-17-3/h12,14H,4-11H2,1-3H3. The molecule has 0 saturated heterocycles. The summed E-state index contributed by atoms with van der Waals surface area (Å²) in [4.78, 5) is 11.5. The highest BCUT2D eigenvalue weighted by Crippen LogP contribution is 2.04. The van der Waals surface area contributed by atoms with Crippen molar-refractivity contribution in [1.29, 1.82) is 0 Å². The van der Waals surface area contributed by atoms with E-state index in [0.29, 0.717) is 0 Å². The first-order valence-corrected chi connectivity index (χ1v) is 7.95. The monoisotopic (exact) mass is 261 g/mol. The van der Waals surface area contributed by atoms with E-state index >= 15 is 0 Å². The maximum Gasteiger partial charge on any atom is 0.322 e. The summed E-state index contributed by atoms with van der Waals surface area (Å²) in [5.74, 6) is 1.11. The van der Waals surface area contributed by atoms with Crippen LogP contribution in [0.2, 0.25) is 0 Å². The summed E-state index contributed by atoms with van der Waals surface area (Å²) in [7, 11) is 1.46. The van der Waals surface area contributed by atoms with Crippen LogP contribution in [0.25, 0.3) is 0 Å². The third kappa shape index (κ3) is 9.48. The summed E-state index contributed by atoms with van der Waals surface area (Å²) < 4.78 is 4.80. The molecular weight excluding hydrogens is 234 g/mol. The Morgan fingerprint density at radius 3 is 2.65 bits per heavy atom. The lowest BCUT2D eigenvalue weighted by atomic mass is 10.1. The van der Waals surface area contributed by atoms with Gasteiger partial charge in [0, 0.05) is 0 Å². The van der Waals surface area contributed by atoms with Gasteiger partial charge in [0.15, 0.2) is 0 Å². The van der Waals surface area contributed by atoms with Gasteiger partial charge in [-0.25, -0.2) is 0 Å².